The number of hydrogen-bond donors (Lipinski definition) is 1. The minimum absolute atomic E-state index is 0.558. The summed E-state index contributed by atoms with van der Waals surface area (Å²) in [6.07, 6.45) is -4.07. The summed E-state index contributed by atoms with van der Waals surface area (Å²) < 4.78 is 36.6. The van der Waals surface area contributed by atoms with Crippen molar-refractivity contribution >= 4 is 0 Å². The maximum atomic E-state index is 11.9. The predicted molar refractivity (Wildman–Crippen MR) is 50.4 cm³/mol. The largest absolute Gasteiger partial charge is 0.416 e. The van der Waals surface area contributed by atoms with Crippen LogP contribution < -0.4 is 0 Å². The lowest BCUT2D eigenvalue weighted by Gasteiger charge is -2.13. The number of nitrogens with zero attached hydrogens (tertiary/aromatic N) is 2. The summed E-state index contributed by atoms with van der Waals surface area (Å²) in [6.45, 7) is 5.15. The van der Waals surface area contributed by atoms with Crippen LogP contribution in [0.15, 0.2) is 12.4 Å². The Morgan fingerprint density at radius 3 is 2.33 bits per heavy atom. The van der Waals surface area contributed by atoms with Gasteiger partial charge in [0.05, 0.1) is 12.7 Å². The van der Waals surface area contributed by atoms with Crippen LogP contribution >= 0.6 is 0 Å². The lowest BCUT2D eigenvalue weighted by atomic mass is 10.3. The van der Waals surface area contributed by atoms with E-state index in [1.165, 1.54) is 12.4 Å². The number of rotatable bonds is 2. The number of aromatic nitrogens is 2. The van der Waals surface area contributed by atoms with Crippen LogP contribution in [0.5, 0.6) is 0 Å². The Hall–Kier alpha value is -1.04. The molecule has 0 bridgehead atoms. The van der Waals surface area contributed by atoms with E-state index in [1.807, 2.05) is 13.8 Å². The van der Waals surface area contributed by atoms with Crippen LogP contribution in [0.4, 0.5) is 13.2 Å². The van der Waals surface area contributed by atoms with Crippen LogP contribution in [-0.2, 0) is 6.54 Å². The van der Waals surface area contributed by atoms with Crippen LogP contribution in [0.3, 0.4) is 0 Å². The highest BCUT2D eigenvalue weighted by Gasteiger charge is 2.38. The van der Waals surface area contributed by atoms with Gasteiger partial charge in [-0.1, -0.05) is 13.8 Å². The second kappa shape index (κ2) is 5.75. The van der Waals surface area contributed by atoms with Gasteiger partial charge in [-0.15, -0.1) is 0 Å². The van der Waals surface area contributed by atoms with Crippen molar-refractivity contribution in [3.8, 4) is 0 Å². The smallest absolute Gasteiger partial charge is 0.382 e. The maximum Gasteiger partial charge on any atom is 0.416 e. The molecule has 0 amide bonds. The van der Waals surface area contributed by atoms with Crippen LogP contribution in [0, 0.1) is 6.92 Å². The number of aliphatic hydroxyl groups excluding tert-OH is 1. The molecule has 6 heteroatoms. The van der Waals surface area contributed by atoms with E-state index in [0.29, 0.717) is 0 Å². The number of aliphatic hydroxyl groups is 1. The topological polar surface area (TPSA) is 38.0 Å². The minimum atomic E-state index is -4.58. The molecule has 0 spiro atoms. The Labute approximate surface area is 86.5 Å². The summed E-state index contributed by atoms with van der Waals surface area (Å²) in [6, 6.07) is 0. The van der Waals surface area contributed by atoms with Gasteiger partial charge in [0, 0.05) is 6.20 Å². The highest BCUT2D eigenvalue weighted by atomic mass is 19.4. The van der Waals surface area contributed by atoms with Gasteiger partial charge in [0.15, 0.2) is 6.10 Å². The van der Waals surface area contributed by atoms with Crippen molar-refractivity contribution in [2.75, 3.05) is 0 Å². The van der Waals surface area contributed by atoms with Gasteiger partial charge in [0.25, 0.3) is 0 Å². The molecule has 1 N–H and O–H groups in total. The van der Waals surface area contributed by atoms with Crippen molar-refractivity contribution < 1.29 is 18.3 Å². The number of alkyl halides is 3. The van der Waals surface area contributed by atoms with Gasteiger partial charge in [-0.05, 0) is 12.5 Å². The molecular weight excluding hydrogens is 209 g/mol. The van der Waals surface area contributed by atoms with Crippen molar-refractivity contribution in [1.29, 1.82) is 0 Å². The van der Waals surface area contributed by atoms with Gasteiger partial charge in [-0.2, -0.15) is 18.3 Å². The third-order valence-corrected chi connectivity index (χ3v) is 1.50. The molecule has 1 rings (SSSR count). The quantitative estimate of drug-likeness (QED) is 0.835. The molecule has 0 radical (unpaired) electrons. The average Bonchev–Trinajstić information content (AvgIpc) is 2.53. The van der Waals surface area contributed by atoms with E-state index < -0.39 is 18.8 Å². The van der Waals surface area contributed by atoms with Crippen LogP contribution in [-0.4, -0.2) is 27.2 Å². The molecule has 1 aromatic rings. The number of halogens is 3. The molecule has 0 fully saturated rings. The molecule has 15 heavy (non-hydrogen) atoms. The van der Waals surface area contributed by atoms with E-state index in [-0.39, 0.29) is 0 Å². The molecule has 0 aromatic carbocycles. The molecule has 0 aliphatic rings. The molecule has 1 atom stereocenters. The highest BCUT2D eigenvalue weighted by Crippen LogP contribution is 2.20. The summed E-state index contributed by atoms with van der Waals surface area (Å²) in [5.74, 6) is 0. The van der Waals surface area contributed by atoms with Crippen LogP contribution in [0.25, 0.3) is 0 Å². The highest BCUT2D eigenvalue weighted by molar-refractivity contribution is 4.99. The zero-order valence-corrected chi connectivity index (χ0v) is 8.91. The Morgan fingerprint density at radius 1 is 1.47 bits per heavy atom. The van der Waals surface area contributed by atoms with Crippen LogP contribution in [0.1, 0.15) is 19.4 Å². The molecule has 3 nitrogen and oxygen atoms in total. The Balaban J connectivity index is 0.000000921. The predicted octanol–water partition coefficient (Wildman–Crippen LogP) is 2.14. The van der Waals surface area contributed by atoms with E-state index >= 15 is 0 Å². The zero-order chi connectivity index (χ0) is 12.1. The standard InChI is InChI=1S/C7H9F3N2O.C2H6/c1-5-2-11-12(3-5)4-6(13)7(8,9)10;1-2/h2-3,6,13H,4H2,1H3;1-2H3. The first kappa shape index (κ1) is 14.0. The fraction of sp³-hybridized carbons (Fsp3) is 0.667. The van der Waals surface area contributed by atoms with E-state index in [9.17, 15) is 13.2 Å². The molecule has 0 aliphatic heterocycles. The van der Waals surface area contributed by atoms with Gasteiger partial charge in [-0.3, -0.25) is 4.68 Å². The number of hydrogen-bond acceptors (Lipinski definition) is 2. The molecular formula is C9H15F3N2O. The first-order chi connectivity index (χ1) is 6.89. The molecule has 1 unspecified atom stereocenters. The van der Waals surface area contributed by atoms with Crippen LogP contribution in [0.2, 0.25) is 0 Å². The van der Waals surface area contributed by atoms with E-state index in [2.05, 4.69) is 5.10 Å². The van der Waals surface area contributed by atoms with Gasteiger partial charge in [0.2, 0.25) is 0 Å². The average molecular weight is 224 g/mol. The fourth-order valence-corrected chi connectivity index (χ4v) is 0.847. The monoisotopic (exact) mass is 224 g/mol. The maximum absolute atomic E-state index is 11.9. The Bertz CT molecular complexity index is 283. The Morgan fingerprint density at radius 2 is 2.00 bits per heavy atom. The normalized spacial score (nSPS) is 13.0. The second-order valence-corrected chi connectivity index (χ2v) is 2.80. The lowest BCUT2D eigenvalue weighted by Crippen LogP contribution is -2.32. The van der Waals surface area contributed by atoms with E-state index in [4.69, 9.17) is 5.11 Å². The van der Waals surface area contributed by atoms with Gasteiger partial charge >= 0.3 is 6.18 Å². The third kappa shape index (κ3) is 4.83. The Kier molecular flexibility index (Phi) is 5.35. The molecule has 0 saturated heterocycles. The first-order valence-electron chi connectivity index (χ1n) is 4.63. The molecule has 1 aromatic heterocycles. The number of aryl methyl sites for hydroxylation is 1. The SMILES string of the molecule is CC.Cc1cnn(CC(O)C(F)(F)F)c1. The third-order valence-electron chi connectivity index (χ3n) is 1.50. The van der Waals surface area contributed by atoms with Crippen molar-refractivity contribution in [3.63, 3.8) is 0 Å². The summed E-state index contributed by atoms with van der Waals surface area (Å²) in [7, 11) is 0. The summed E-state index contributed by atoms with van der Waals surface area (Å²) in [5, 5.41) is 12.3. The van der Waals surface area contributed by atoms with Gasteiger partial charge in [-0.25, -0.2) is 0 Å². The molecule has 88 valence electrons. The zero-order valence-electron chi connectivity index (χ0n) is 8.91. The van der Waals surface area contributed by atoms with Crippen molar-refractivity contribution in [2.45, 2.75) is 39.6 Å². The molecule has 1 heterocycles. The molecule has 0 saturated carbocycles. The minimum Gasteiger partial charge on any atom is -0.382 e. The van der Waals surface area contributed by atoms with E-state index in [0.717, 1.165) is 10.2 Å². The first-order valence-corrected chi connectivity index (χ1v) is 4.63. The van der Waals surface area contributed by atoms with Crippen molar-refractivity contribution in [2.24, 2.45) is 0 Å². The van der Waals surface area contributed by atoms with E-state index in [1.54, 1.807) is 6.92 Å². The van der Waals surface area contributed by atoms with Crippen molar-refractivity contribution in [3.05, 3.63) is 18.0 Å². The summed E-state index contributed by atoms with van der Waals surface area (Å²) in [4.78, 5) is 0. The molecule has 0 aliphatic carbocycles. The summed E-state index contributed by atoms with van der Waals surface area (Å²) in [5.41, 5.74) is 0.759. The van der Waals surface area contributed by atoms with Gasteiger partial charge < -0.3 is 5.11 Å². The van der Waals surface area contributed by atoms with Gasteiger partial charge in [0.1, 0.15) is 0 Å². The lowest BCUT2D eigenvalue weighted by molar-refractivity contribution is -0.208. The fourth-order valence-electron chi connectivity index (χ4n) is 0.847. The van der Waals surface area contributed by atoms with Crippen molar-refractivity contribution in [1.82, 2.24) is 9.78 Å². The summed E-state index contributed by atoms with van der Waals surface area (Å²) >= 11 is 0. The second-order valence-electron chi connectivity index (χ2n) is 2.80.